The van der Waals surface area contributed by atoms with E-state index in [2.05, 4.69) is 32.5 Å². The van der Waals surface area contributed by atoms with Crippen LogP contribution < -0.4 is 4.90 Å². The van der Waals surface area contributed by atoms with Crippen LogP contribution in [-0.4, -0.2) is 51.8 Å². The molecule has 4 heterocycles. The van der Waals surface area contributed by atoms with Gasteiger partial charge in [0, 0.05) is 45.1 Å². The number of thiophene rings is 1. The Morgan fingerprint density at radius 2 is 2.08 bits per heavy atom. The van der Waals surface area contributed by atoms with Crippen LogP contribution in [0, 0.1) is 6.92 Å². The summed E-state index contributed by atoms with van der Waals surface area (Å²) in [5, 5.41) is 6.42. The third kappa shape index (κ3) is 2.96. The number of piperidine rings is 1. The van der Waals surface area contributed by atoms with Gasteiger partial charge in [0.1, 0.15) is 0 Å². The molecular formula is C19H23N5OS. The monoisotopic (exact) mass is 369 g/mol. The number of rotatable bonds is 3. The van der Waals surface area contributed by atoms with Gasteiger partial charge in [-0.3, -0.25) is 14.5 Å². The standard InChI is InChI=1S/C19H23N5OS/c1-13-12-16(21-23(13)3)19(25)22(2)14-5-9-24(10-6-14)17-4-8-20-15-7-11-26-18(15)17/h4,7-8,11-12,14H,5-6,9-10H2,1-3H3. The Morgan fingerprint density at radius 3 is 2.77 bits per heavy atom. The summed E-state index contributed by atoms with van der Waals surface area (Å²) in [6.45, 7) is 3.85. The van der Waals surface area contributed by atoms with E-state index >= 15 is 0 Å². The second kappa shape index (κ2) is 6.72. The molecule has 7 heteroatoms. The predicted octanol–water partition coefficient (Wildman–Crippen LogP) is 3.08. The van der Waals surface area contributed by atoms with Crippen LogP contribution in [0.4, 0.5) is 5.69 Å². The van der Waals surface area contributed by atoms with Crippen molar-refractivity contribution in [2.45, 2.75) is 25.8 Å². The first-order valence-corrected chi connectivity index (χ1v) is 9.77. The summed E-state index contributed by atoms with van der Waals surface area (Å²) >= 11 is 1.74. The molecule has 0 aliphatic carbocycles. The summed E-state index contributed by atoms with van der Waals surface area (Å²) in [4.78, 5) is 21.4. The minimum absolute atomic E-state index is 0.0108. The number of aryl methyl sites for hydroxylation is 2. The SMILES string of the molecule is Cc1cc(C(=O)N(C)C2CCN(c3ccnc4ccsc34)CC2)nn1C. The molecule has 1 fully saturated rings. The van der Waals surface area contributed by atoms with E-state index in [4.69, 9.17) is 0 Å². The van der Waals surface area contributed by atoms with Crippen LogP contribution >= 0.6 is 11.3 Å². The van der Waals surface area contributed by atoms with Gasteiger partial charge in [0.25, 0.3) is 5.91 Å². The topological polar surface area (TPSA) is 54.3 Å². The third-order valence-electron chi connectivity index (χ3n) is 5.33. The average molecular weight is 369 g/mol. The van der Waals surface area contributed by atoms with Crippen LogP contribution in [0.1, 0.15) is 29.0 Å². The Balaban J connectivity index is 1.44. The van der Waals surface area contributed by atoms with Crippen molar-refractivity contribution in [1.82, 2.24) is 19.7 Å². The minimum Gasteiger partial charge on any atom is -0.370 e. The largest absolute Gasteiger partial charge is 0.370 e. The molecule has 1 aliphatic heterocycles. The molecule has 3 aromatic heterocycles. The molecule has 0 spiro atoms. The Bertz CT molecular complexity index is 919. The first-order valence-electron chi connectivity index (χ1n) is 8.89. The predicted molar refractivity (Wildman–Crippen MR) is 105 cm³/mol. The van der Waals surface area contributed by atoms with Gasteiger partial charge in [-0.1, -0.05) is 0 Å². The van der Waals surface area contributed by atoms with Crippen molar-refractivity contribution in [3.63, 3.8) is 0 Å². The fourth-order valence-electron chi connectivity index (χ4n) is 3.61. The molecule has 0 atom stereocenters. The number of carbonyl (C=O) groups excluding carboxylic acids is 1. The van der Waals surface area contributed by atoms with E-state index in [1.165, 1.54) is 10.4 Å². The third-order valence-corrected chi connectivity index (χ3v) is 6.26. The normalized spacial score (nSPS) is 15.6. The maximum absolute atomic E-state index is 12.7. The lowest BCUT2D eigenvalue weighted by molar-refractivity contribution is 0.0702. The lowest BCUT2D eigenvalue weighted by Crippen LogP contribution is -2.45. The van der Waals surface area contributed by atoms with Crippen molar-refractivity contribution in [2.75, 3.05) is 25.0 Å². The summed E-state index contributed by atoms with van der Waals surface area (Å²) in [7, 11) is 3.77. The molecule has 0 saturated carbocycles. The van der Waals surface area contributed by atoms with Crippen LogP contribution in [0.5, 0.6) is 0 Å². The molecule has 4 rings (SSSR count). The fraction of sp³-hybridized carbons (Fsp3) is 0.421. The lowest BCUT2D eigenvalue weighted by atomic mass is 10.0. The molecule has 0 aromatic carbocycles. The number of pyridine rings is 1. The van der Waals surface area contributed by atoms with Crippen molar-refractivity contribution >= 4 is 33.1 Å². The van der Waals surface area contributed by atoms with E-state index in [0.717, 1.165) is 37.1 Å². The van der Waals surface area contributed by atoms with Crippen LogP contribution in [0.15, 0.2) is 29.8 Å². The quantitative estimate of drug-likeness (QED) is 0.712. The zero-order chi connectivity index (χ0) is 18.3. The Labute approximate surface area is 157 Å². The van der Waals surface area contributed by atoms with Crippen LogP contribution in [0.3, 0.4) is 0 Å². The second-order valence-electron chi connectivity index (χ2n) is 6.89. The molecule has 136 valence electrons. The zero-order valence-electron chi connectivity index (χ0n) is 15.3. The summed E-state index contributed by atoms with van der Waals surface area (Å²) in [5.74, 6) is 0.0108. The Morgan fingerprint density at radius 1 is 1.31 bits per heavy atom. The van der Waals surface area contributed by atoms with Gasteiger partial charge in [0.15, 0.2) is 5.69 Å². The summed E-state index contributed by atoms with van der Waals surface area (Å²) in [5.41, 5.74) is 3.85. The van der Waals surface area contributed by atoms with Gasteiger partial charge in [0.05, 0.1) is 15.9 Å². The first-order chi connectivity index (χ1) is 12.5. The Kier molecular flexibility index (Phi) is 4.40. The van der Waals surface area contributed by atoms with Crippen molar-refractivity contribution in [3.05, 3.63) is 41.2 Å². The number of aromatic nitrogens is 3. The minimum atomic E-state index is 0.0108. The van der Waals surface area contributed by atoms with Crippen molar-refractivity contribution in [1.29, 1.82) is 0 Å². The van der Waals surface area contributed by atoms with E-state index < -0.39 is 0 Å². The smallest absolute Gasteiger partial charge is 0.274 e. The number of hydrogen-bond acceptors (Lipinski definition) is 5. The maximum Gasteiger partial charge on any atom is 0.274 e. The molecule has 0 radical (unpaired) electrons. The van der Waals surface area contributed by atoms with Gasteiger partial charge in [-0.2, -0.15) is 5.10 Å². The van der Waals surface area contributed by atoms with E-state index in [-0.39, 0.29) is 11.9 Å². The highest BCUT2D eigenvalue weighted by Crippen LogP contribution is 2.32. The molecule has 1 saturated heterocycles. The van der Waals surface area contributed by atoms with Crippen LogP contribution in [0.25, 0.3) is 10.2 Å². The zero-order valence-corrected chi connectivity index (χ0v) is 16.2. The number of anilines is 1. The molecular weight excluding hydrogens is 346 g/mol. The Hall–Kier alpha value is -2.41. The van der Waals surface area contributed by atoms with E-state index in [0.29, 0.717) is 5.69 Å². The number of hydrogen-bond donors (Lipinski definition) is 0. The number of carbonyl (C=O) groups is 1. The van der Waals surface area contributed by atoms with Crippen molar-refractivity contribution < 1.29 is 4.79 Å². The highest BCUT2D eigenvalue weighted by atomic mass is 32.1. The van der Waals surface area contributed by atoms with Gasteiger partial charge < -0.3 is 9.80 Å². The summed E-state index contributed by atoms with van der Waals surface area (Å²) < 4.78 is 3.00. The highest BCUT2D eigenvalue weighted by Gasteiger charge is 2.28. The number of fused-ring (bicyclic) bond motifs is 1. The van der Waals surface area contributed by atoms with Gasteiger partial charge >= 0.3 is 0 Å². The molecule has 0 bridgehead atoms. The van der Waals surface area contributed by atoms with Gasteiger partial charge in [-0.25, -0.2) is 0 Å². The summed E-state index contributed by atoms with van der Waals surface area (Å²) in [6, 6.07) is 6.28. The number of nitrogens with zero attached hydrogens (tertiary/aromatic N) is 5. The fourth-order valence-corrected chi connectivity index (χ4v) is 4.51. The van der Waals surface area contributed by atoms with Crippen LogP contribution in [0.2, 0.25) is 0 Å². The van der Waals surface area contributed by atoms with Gasteiger partial charge in [-0.05, 0) is 43.3 Å². The van der Waals surface area contributed by atoms with E-state index in [1.807, 2.05) is 38.2 Å². The average Bonchev–Trinajstić information content (AvgIpc) is 3.27. The van der Waals surface area contributed by atoms with E-state index in [1.54, 1.807) is 16.0 Å². The lowest BCUT2D eigenvalue weighted by Gasteiger charge is -2.37. The second-order valence-corrected chi connectivity index (χ2v) is 7.81. The molecule has 26 heavy (non-hydrogen) atoms. The summed E-state index contributed by atoms with van der Waals surface area (Å²) in [6.07, 6.45) is 3.81. The first kappa shape index (κ1) is 17.0. The van der Waals surface area contributed by atoms with E-state index in [9.17, 15) is 4.79 Å². The van der Waals surface area contributed by atoms with Crippen molar-refractivity contribution in [3.8, 4) is 0 Å². The molecule has 1 amide bonds. The van der Waals surface area contributed by atoms with Crippen LogP contribution in [-0.2, 0) is 7.05 Å². The van der Waals surface area contributed by atoms with Gasteiger partial charge in [-0.15, -0.1) is 11.3 Å². The molecule has 0 N–H and O–H groups in total. The molecule has 3 aromatic rings. The molecule has 6 nitrogen and oxygen atoms in total. The number of amides is 1. The van der Waals surface area contributed by atoms with Gasteiger partial charge in [0.2, 0.25) is 0 Å². The van der Waals surface area contributed by atoms with Crippen molar-refractivity contribution in [2.24, 2.45) is 7.05 Å². The molecule has 1 aliphatic rings. The highest BCUT2D eigenvalue weighted by molar-refractivity contribution is 7.17. The maximum atomic E-state index is 12.7. The molecule has 0 unspecified atom stereocenters.